The molecule has 0 radical (unpaired) electrons. The van der Waals surface area contributed by atoms with Gasteiger partial charge >= 0.3 is 0 Å². The maximum absolute atomic E-state index is 12.6. The summed E-state index contributed by atoms with van der Waals surface area (Å²) in [6.45, 7) is 4.13. The Hall–Kier alpha value is -0.370. The molecule has 1 atom stereocenters. The molecule has 0 aromatic carbocycles. The lowest BCUT2D eigenvalue weighted by Gasteiger charge is -2.24. The molecule has 1 unspecified atom stereocenters. The Balaban J connectivity index is 2.38. The van der Waals surface area contributed by atoms with Crippen LogP contribution in [-0.2, 0) is 0 Å². The van der Waals surface area contributed by atoms with Gasteiger partial charge in [-0.25, -0.2) is 0 Å². The van der Waals surface area contributed by atoms with E-state index in [0.29, 0.717) is 6.54 Å². The highest BCUT2D eigenvalue weighted by Crippen LogP contribution is 2.16. The molecule has 0 N–H and O–H groups in total. The van der Waals surface area contributed by atoms with Crippen molar-refractivity contribution in [1.82, 2.24) is 5.12 Å². The highest BCUT2D eigenvalue weighted by atomic mass is 19.2. The summed E-state index contributed by atoms with van der Waals surface area (Å²) in [5.74, 6) is 0. The molecule has 0 amide bonds. The van der Waals surface area contributed by atoms with Crippen LogP contribution < -0.4 is 0 Å². The molecule has 0 aromatic heterocycles. The molecule has 1 aliphatic rings. The topological polar surface area (TPSA) is 3.24 Å². The minimum Gasteiger partial charge on any atom is -0.140 e. The molecule has 0 bridgehead atoms. The van der Waals surface area contributed by atoms with Crippen LogP contribution >= 0.6 is 0 Å². The van der Waals surface area contributed by atoms with Gasteiger partial charge in [0.1, 0.15) is 0 Å². The zero-order valence-electron chi connectivity index (χ0n) is 5.52. The van der Waals surface area contributed by atoms with Gasteiger partial charge in [0, 0.05) is 6.54 Å². The third-order valence-corrected chi connectivity index (χ3v) is 1.75. The van der Waals surface area contributed by atoms with E-state index in [0.717, 1.165) is 24.4 Å². The SMILES string of the molecule is C=CC1CCCCN1F. The fourth-order valence-corrected chi connectivity index (χ4v) is 1.15. The Morgan fingerprint density at radius 1 is 1.56 bits per heavy atom. The van der Waals surface area contributed by atoms with Crippen LogP contribution in [-0.4, -0.2) is 17.7 Å². The molecule has 1 fully saturated rings. The average Bonchev–Trinajstić information content (AvgIpc) is 1.89. The number of piperidine rings is 1. The van der Waals surface area contributed by atoms with Gasteiger partial charge in [0.05, 0.1) is 6.04 Å². The molecule has 2 heteroatoms. The van der Waals surface area contributed by atoms with Crippen LogP contribution in [0, 0.1) is 0 Å². The van der Waals surface area contributed by atoms with Crippen LogP contribution in [0.4, 0.5) is 4.48 Å². The first-order valence-electron chi connectivity index (χ1n) is 3.39. The van der Waals surface area contributed by atoms with Crippen molar-refractivity contribution in [2.45, 2.75) is 25.3 Å². The van der Waals surface area contributed by atoms with Gasteiger partial charge in [0.2, 0.25) is 0 Å². The summed E-state index contributed by atoms with van der Waals surface area (Å²) in [7, 11) is 0. The first-order valence-corrected chi connectivity index (χ1v) is 3.39. The van der Waals surface area contributed by atoms with E-state index in [1.807, 2.05) is 0 Å². The number of nitrogens with zero attached hydrogens (tertiary/aromatic N) is 1. The Morgan fingerprint density at radius 2 is 2.33 bits per heavy atom. The van der Waals surface area contributed by atoms with Crippen molar-refractivity contribution in [3.8, 4) is 0 Å². The molecule has 1 heterocycles. The minimum atomic E-state index is -0.0150. The van der Waals surface area contributed by atoms with Gasteiger partial charge in [-0.3, -0.25) is 0 Å². The second-order valence-corrected chi connectivity index (χ2v) is 2.42. The summed E-state index contributed by atoms with van der Waals surface area (Å²) in [4.78, 5) is 0. The summed E-state index contributed by atoms with van der Waals surface area (Å²) in [6, 6.07) is -0.0150. The standard InChI is InChI=1S/C7H12FN/c1-2-7-5-3-4-6-9(7)8/h2,7H,1,3-6H2. The zero-order chi connectivity index (χ0) is 6.69. The van der Waals surface area contributed by atoms with E-state index in [-0.39, 0.29) is 6.04 Å². The third-order valence-electron chi connectivity index (χ3n) is 1.75. The van der Waals surface area contributed by atoms with Crippen molar-refractivity contribution in [1.29, 1.82) is 0 Å². The fourth-order valence-electron chi connectivity index (χ4n) is 1.15. The van der Waals surface area contributed by atoms with Gasteiger partial charge < -0.3 is 0 Å². The smallest absolute Gasteiger partial charge is 0.0579 e. The number of rotatable bonds is 1. The van der Waals surface area contributed by atoms with Gasteiger partial charge in [0.25, 0.3) is 0 Å². The highest BCUT2D eigenvalue weighted by molar-refractivity contribution is 4.86. The first-order chi connectivity index (χ1) is 4.34. The molecule has 9 heavy (non-hydrogen) atoms. The predicted octanol–water partition coefficient (Wildman–Crippen LogP) is 1.91. The Morgan fingerprint density at radius 3 is 2.78 bits per heavy atom. The van der Waals surface area contributed by atoms with Crippen molar-refractivity contribution in [3.05, 3.63) is 12.7 Å². The van der Waals surface area contributed by atoms with Crippen LogP contribution in [0.25, 0.3) is 0 Å². The normalized spacial score (nSPS) is 30.1. The van der Waals surface area contributed by atoms with Gasteiger partial charge in [-0.05, 0) is 12.8 Å². The van der Waals surface area contributed by atoms with Crippen LogP contribution in [0.3, 0.4) is 0 Å². The van der Waals surface area contributed by atoms with E-state index in [2.05, 4.69) is 6.58 Å². The van der Waals surface area contributed by atoms with Crippen LogP contribution in [0.2, 0.25) is 0 Å². The monoisotopic (exact) mass is 129 g/mol. The van der Waals surface area contributed by atoms with E-state index in [4.69, 9.17) is 0 Å². The molecule has 0 saturated carbocycles. The fraction of sp³-hybridized carbons (Fsp3) is 0.714. The maximum Gasteiger partial charge on any atom is 0.0579 e. The molecular weight excluding hydrogens is 117 g/mol. The lowest BCUT2D eigenvalue weighted by molar-refractivity contribution is -0.0250. The molecule has 0 spiro atoms. The van der Waals surface area contributed by atoms with E-state index in [9.17, 15) is 4.48 Å². The summed E-state index contributed by atoms with van der Waals surface area (Å²) in [5.41, 5.74) is 0. The molecule has 1 nitrogen and oxygen atoms in total. The first kappa shape index (κ1) is 6.75. The van der Waals surface area contributed by atoms with E-state index >= 15 is 0 Å². The third kappa shape index (κ3) is 1.52. The minimum absolute atomic E-state index is 0.0150. The summed E-state index contributed by atoms with van der Waals surface area (Å²) >= 11 is 0. The lowest BCUT2D eigenvalue weighted by atomic mass is 10.1. The highest BCUT2D eigenvalue weighted by Gasteiger charge is 2.18. The average molecular weight is 129 g/mol. The molecule has 1 saturated heterocycles. The second-order valence-electron chi connectivity index (χ2n) is 2.42. The van der Waals surface area contributed by atoms with Crippen LogP contribution in [0.5, 0.6) is 0 Å². The largest absolute Gasteiger partial charge is 0.140 e. The predicted molar refractivity (Wildman–Crippen MR) is 35.6 cm³/mol. The van der Waals surface area contributed by atoms with Crippen molar-refractivity contribution < 1.29 is 4.48 Å². The van der Waals surface area contributed by atoms with Crippen molar-refractivity contribution in [3.63, 3.8) is 0 Å². The summed E-state index contributed by atoms with van der Waals surface area (Å²) < 4.78 is 12.6. The van der Waals surface area contributed by atoms with Gasteiger partial charge in [0.15, 0.2) is 0 Å². The number of hydrogen-bond acceptors (Lipinski definition) is 1. The quantitative estimate of drug-likeness (QED) is 0.386. The Kier molecular flexibility index (Phi) is 2.22. The molecule has 1 rings (SSSR count). The van der Waals surface area contributed by atoms with Crippen molar-refractivity contribution in [2.75, 3.05) is 6.54 Å². The number of hydrogen-bond donors (Lipinski definition) is 0. The molecule has 0 aromatic rings. The van der Waals surface area contributed by atoms with Gasteiger partial charge in [-0.1, -0.05) is 12.5 Å². The van der Waals surface area contributed by atoms with Crippen molar-refractivity contribution >= 4 is 0 Å². The van der Waals surface area contributed by atoms with Crippen LogP contribution in [0.1, 0.15) is 19.3 Å². The second kappa shape index (κ2) is 2.97. The van der Waals surface area contributed by atoms with E-state index in [1.165, 1.54) is 0 Å². The Bertz CT molecular complexity index is 103. The lowest BCUT2D eigenvalue weighted by Crippen LogP contribution is -2.30. The van der Waals surface area contributed by atoms with Crippen LogP contribution in [0.15, 0.2) is 12.7 Å². The zero-order valence-corrected chi connectivity index (χ0v) is 5.52. The molecule has 1 aliphatic heterocycles. The van der Waals surface area contributed by atoms with E-state index in [1.54, 1.807) is 6.08 Å². The van der Waals surface area contributed by atoms with Crippen molar-refractivity contribution in [2.24, 2.45) is 0 Å². The summed E-state index contributed by atoms with van der Waals surface area (Å²) in [6.07, 6.45) is 4.73. The molecule has 52 valence electrons. The maximum atomic E-state index is 12.6. The Labute approximate surface area is 55.1 Å². The molecular formula is C7H12FN. The molecule has 0 aliphatic carbocycles. The summed E-state index contributed by atoms with van der Waals surface area (Å²) in [5, 5.41) is 0.872. The number of halogens is 1. The van der Waals surface area contributed by atoms with Gasteiger partial charge in [-0.2, -0.15) is 0 Å². The van der Waals surface area contributed by atoms with E-state index < -0.39 is 0 Å². The van der Waals surface area contributed by atoms with Gasteiger partial charge in [-0.15, -0.1) is 16.2 Å².